The fraction of sp³-hybridized carbons (Fsp3) is 0.889. The molecule has 2 N–H and O–H groups in total. The van der Waals surface area contributed by atoms with Crippen molar-refractivity contribution >= 4 is 30.8 Å². The van der Waals surface area contributed by atoms with E-state index in [0.717, 1.165) is 52.4 Å². The van der Waals surface area contributed by atoms with Gasteiger partial charge in [0.15, 0.2) is 0 Å². The molecule has 2 heterocycles. The molecule has 0 bridgehead atoms. The normalized spacial score (nSPS) is 21.0. The molecule has 0 aliphatic carbocycles. The van der Waals surface area contributed by atoms with Gasteiger partial charge in [0, 0.05) is 52.4 Å². The van der Waals surface area contributed by atoms with E-state index < -0.39 is 0 Å². The molecule has 0 aromatic carbocycles. The summed E-state index contributed by atoms with van der Waals surface area (Å²) in [6.07, 6.45) is 0. The minimum Gasteiger partial charge on any atom is -0.336 e. The largest absolute Gasteiger partial charge is 0.336 e. The van der Waals surface area contributed by atoms with Gasteiger partial charge in [0.25, 0.3) is 0 Å². The fourth-order valence-electron chi connectivity index (χ4n) is 1.92. The molecule has 2 aliphatic heterocycles. The number of rotatable bonds is 3. The van der Waals surface area contributed by atoms with Crippen LogP contribution in [0.2, 0.25) is 0 Å². The van der Waals surface area contributed by atoms with E-state index in [-0.39, 0.29) is 30.8 Å². The molecule has 5 nitrogen and oxygen atoms in total. The van der Waals surface area contributed by atoms with Gasteiger partial charge >= 0.3 is 6.03 Å². The molecule has 0 saturated carbocycles. The highest BCUT2D eigenvalue weighted by Crippen LogP contribution is 1.98. The van der Waals surface area contributed by atoms with Crippen LogP contribution in [0.3, 0.4) is 0 Å². The van der Waals surface area contributed by atoms with Crippen LogP contribution in [-0.4, -0.2) is 68.2 Å². The van der Waals surface area contributed by atoms with Gasteiger partial charge in [-0.15, -0.1) is 24.8 Å². The molecular formula is C9H20Cl2N4O. The average Bonchev–Trinajstić information content (AvgIpc) is 2.63. The molecule has 2 rings (SSSR count). The van der Waals surface area contributed by atoms with Crippen LogP contribution in [0.25, 0.3) is 0 Å². The molecule has 0 atom stereocenters. The molecule has 0 aromatic heterocycles. The van der Waals surface area contributed by atoms with Gasteiger partial charge in [0.2, 0.25) is 0 Å². The van der Waals surface area contributed by atoms with E-state index in [4.69, 9.17) is 0 Å². The summed E-state index contributed by atoms with van der Waals surface area (Å²) < 4.78 is 0. The second-order valence-corrected chi connectivity index (χ2v) is 3.81. The lowest BCUT2D eigenvalue weighted by atomic mass is 10.3. The summed E-state index contributed by atoms with van der Waals surface area (Å²) in [6, 6.07) is 0.0973. The van der Waals surface area contributed by atoms with Crippen LogP contribution < -0.4 is 10.6 Å². The van der Waals surface area contributed by atoms with Gasteiger partial charge in [-0.25, -0.2) is 4.79 Å². The van der Waals surface area contributed by atoms with Gasteiger partial charge in [-0.2, -0.15) is 0 Å². The topological polar surface area (TPSA) is 47.6 Å². The molecule has 0 spiro atoms. The number of halogens is 2. The SMILES string of the molecule is Cl.Cl.O=C1NCCN1CCN1CCNCC1. The van der Waals surface area contributed by atoms with Crippen LogP contribution in [-0.2, 0) is 0 Å². The second kappa shape index (κ2) is 7.95. The maximum Gasteiger partial charge on any atom is 0.317 e. The summed E-state index contributed by atoms with van der Waals surface area (Å²) in [5.74, 6) is 0. The lowest BCUT2D eigenvalue weighted by molar-refractivity contribution is 0.193. The number of carbonyl (C=O) groups excluding carboxylic acids is 1. The van der Waals surface area contributed by atoms with E-state index in [1.54, 1.807) is 0 Å². The molecule has 2 aliphatic rings. The summed E-state index contributed by atoms with van der Waals surface area (Å²) >= 11 is 0. The number of hydrogen-bond donors (Lipinski definition) is 2. The quantitative estimate of drug-likeness (QED) is 0.745. The summed E-state index contributed by atoms with van der Waals surface area (Å²) in [5, 5.41) is 6.13. The first kappa shape index (κ1) is 15.8. The van der Waals surface area contributed by atoms with E-state index in [1.165, 1.54) is 0 Å². The number of hydrogen-bond acceptors (Lipinski definition) is 3. The molecule has 96 valence electrons. The maximum absolute atomic E-state index is 11.2. The molecule has 16 heavy (non-hydrogen) atoms. The molecule has 7 heteroatoms. The highest BCUT2D eigenvalue weighted by atomic mass is 35.5. The Hall–Kier alpha value is -0.230. The average molecular weight is 271 g/mol. The Kier molecular flexibility index (Phi) is 7.83. The minimum atomic E-state index is 0. The Balaban J connectivity index is 0.00000112. The van der Waals surface area contributed by atoms with Gasteiger partial charge in [-0.1, -0.05) is 0 Å². The van der Waals surface area contributed by atoms with Gasteiger partial charge in [-0.05, 0) is 0 Å². The predicted molar refractivity (Wildman–Crippen MR) is 68.8 cm³/mol. The van der Waals surface area contributed by atoms with Crippen LogP contribution in [0.4, 0.5) is 4.79 Å². The van der Waals surface area contributed by atoms with Crippen LogP contribution in [0.5, 0.6) is 0 Å². The molecule has 0 unspecified atom stereocenters. The number of urea groups is 1. The third-order valence-corrected chi connectivity index (χ3v) is 2.84. The monoisotopic (exact) mass is 270 g/mol. The van der Waals surface area contributed by atoms with Crippen molar-refractivity contribution < 1.29 is 4.79 Å². The van der Waals surface area contributed by atoms with E-state index in [1.807, 2.05) is 4.90 Å². The highest BCUT2D eigenvalue weighted by molar-refractivity contribution is 5.85. The van der Waals surface area contributed by atoms with E-state index >= 15 is 0 Å². The zero-order valence-corrected chi connectivity index (χ0v) is 10.9. The van der Waals surface area contributed by atoms with Crippen molar-refractivity contribution in [3.8, 4) is 0 Å². The summed E-state index contributed by atoms with van der Waals surface area (Å²) in [5.41, 5.74) is 0. The molecule has 2 saturated heterocycles. The van der Waals surface area contributed by atoms with Crippen molar-refractivity contribution in [1.82, 2.24) is 20.4 Å². The lowest BCUT2D eigenvalue weighted by Crippen LogP contribution is -2.46. The Labute approximate surface area is 109 Å². The first-order valence-electron chi connectivity index (χ1n) is 5.32. The number of amides is 2. The van der Waals surface area contributed by atoms with Crippen molar-refractivity contribution in [1.29, 1.82) is 0 Å². The smallest absolute Gasteiger partial charge is 0.317 e. The Morgan fingerprint density at radius 1 is 1.00 bits per heavy atom. The Bertz CT molecular complexity index is 212. The Morgan fingerprint density at radius 3 is 2.25 bits per heavy atom. The number of nitrogens with one attached hydrogen (secondary N) is 2. The van der Waals surface area contributed by atoms with Crippen LogP contribution >= 0.6 is 24.8 Å². The zero-order valence-electron chi connectivity index (χ0n) is 9.28. The first-order valence-corrected chi connectivity index (χ1v) is 5.32. The van der Waals surface area contributed by atoms with Gasteiger partial charge in [-0.3, -0.25) is 4.90 Å². The van der Waals surface area contributed by atoms with E-state index in [2.05, 4.69) is 15.5 Å². The molecule has 0 radical (unpaired) electrons. The zero-order chi connectivity index (χ0) is 9.80. The maximum atomic E-state index is 11.2. The predicted octanol–water partition coefficient (Wildman–Crippen LogP) is -0.240. The van der Waals surface area contributed by atoms with Crippen LogP contribution in [0.1, 0.15) is 0 Å². The minimum absolute atomic E-state index is 0. The highest BCUT2D eigenvalue weighted by Gasteiger charge is 2.20. The third kappa shape index (κ3) is 4.33. The number of nitrogens with zero attached hydrogens (tertiary/aromatic N) is 2. The molecule has 0 aromatic rings. The van der Waals surface area contributed by atoms with Crippen molar-refractivity contribution in [2.45, 2.75) is 0 Å². The standard InChI is InChI=1S/C9H18N4O.2ClH/c14-9-11-3-6-13(9)8-7-12-4-1-10-2-5-12;;/h10H,1-8H2,(H,11,14);2*1H. The van der Waals surface area contributed by atoms with Gasteiger partial charge in [0.05, 0.1) is 0 Å². The third-order valence-electron chi connectivity index (χ3n) is 2.84. The van der Waals surface area contributed by atoms with E-state index in [0.29, 0.717) is 0 Å². The van der Waals surface area contributed by atoms with Crippen molar-refractivity contribution in [2.24, 2.45) is 0 Å². The fourth-order valence-corrected chi connectivity index (χ4v) is 1.92. The van der Waals surface area contributed by atoms with Crippen molar-refractivity contribution in [3.63, 3.8) is 0 Å². The molecule has 2 amide bonds. The summed E-state index contributed by atoms with van der Waals surface area (Å²) in [4.78, 5) is 15.5. The van der Waals surface area contributed by atoms with Gasteiger partial charge < -0.3 is 15.5 Å². The second-order valence-electron chi connectivity index (χ2n) is 3.81. The molecular weight excluding hydrogens is 251 g/mol. The Morgan fingerprint density at radius 2 is 1.69 bits per heavy atom. The van der Waals surface area contributed by atoms with Crippen LogP contribution in [0.15, 0.2) is 0 Å². The number of piperazine rings is 1. The first-order chi connectivity index (χ1) is 6.86. The van der Waals surface area contributed by atoms with Gasteiger partial charge in [0.1, 0.15) is 0 Å². The number of carbonyl (C=O) groups is 1. The van der Waals surface area contributed by atoms with Crippen molar-refractivity contribution in [2.75, 3.05) is 52.4 Å². The molecule has 2 fully saturated rings. The summed E-state index contributed by atoms with van der Waals surface area (Å²) in [7, 11) is 0. The lowest BCUT2D eigenvalue weighted by Gasteiger charge is -2.28. The van der Waals surface area contributed by atoms with E-state index in [9.17, 15) is 4.79 Å². The van der Waals surface area contributed by atoms with Crippen LogP contribution in [0, 0.1) is 0 Å². The van der Waals surface area contributed by atoms with Crippen molar-refractivity contribution in [3.05, 3.63) is 0 Å². The summed E-state index contributed by atoms with van der Waals surface area (Å²) in [6.45, 7) is 7.91.